The molecule has 0 unspecified atom stereocenters. The van der Waals surface area contributed by atoms with E-state index >= 15 is 0 Å². The number of sulfonamides is 1. The lowest BCUT2D eigenvalue weighted by molar-refractivity contribution is -0.126. The molecule has 1 amide bonds. The average Bonchev–Trinajstić information content (AvgIpc) is 2.69. The Kier molecular flexibility index (Phi) is 5.58. The molecule has 0 aliphatic carbocycles. The van der Waals surface area contributed by atoms with E-state index in [9.17, 15) is 13.2 Å². The van der Waals surface area contributed by atoms with E-state index in [2.05, 4.69) is 5.43 Å². The summed E-state index contributed by atoms with van der Waals surface area (Å²) in [6.45, 7) is 0.703. The third-order valence-electron chi connectivity index (χ3n) is 4.63. The highest BCUT2D eigenvalue weighted by molar-refractivity contribution is 7.89. The van der Waals surface area contributed by atoms with E-state index in [1.165, 1.54) is 4.31 Å². The Hall–Kier alpha value is -2.38. The highest BCUT2D eigenvalue weighted by Crippen LogP contribution is 2.24. The first-order valence-corrected chi connectivity index (χ1v) is 10.1. The first-order valence-electron chi connectivity index (χ1n) is 8.63. The van der Waals surface area contributed by atoms with E-state index in [4.69, 9.17) is 0 Å². The molecule has 1 fully saturated rings. The SMILES string of the molecule is CN(NC(=O)C1CCN(S(=O)(=O)c2ccccc2)CC1)c1ccccc1. The van der Waals surface area contributed by atoms with Crippen molar-refractivity contribution >= 4 is 21.6 Å². The summed E-state index contributed by atoms with van der Waals surface area (Å²) >= 11 is 0. The van der Waals surface area contributed by atoms with Crippen molar-refractivity contribution in [3.63, 3.8) is 0 Å². The monoisotopic (exact) mass is 373 g/mol. The van der Waals surface area contributed by atoms with Crippen molar-refractivity contribution < 1.29 is 13.2 Å². The lowest BCUT2D eigenvalue weighted by atomic mass is 9.97. The van der Waals surface area contributed by atoms with E-state index in [1.54, 1.807) is 42.4 Å². The number of carbonyl (C=O) groups excluding carboxylic acids is 1. The molecule has 3 rings (SSSR count). The highest BCUT2D eigenvalue weighted by Gasteiger charge is 2.32. The lowest BCUT2D eigenvalue weighted by Crippen LogP contribution is -2.47. The summed E-state index contributed by atoms with van der Waals surface area (Å²) < 4.78 is 26.8. The van der Waals surface area contributed by atoms with Gasteiger partial charge in [0.05, 0.1) is 10.6 Å². The second-order valence-electron chi connectivity index (χ2n) is 6.36. The van der Waals surface area contributed by atoms with Crippen LogP contribution in [-0.4, -0.2) is 38.8 Å². The second-order valence-corrected chi connectivity index (χ2v) is 8.30. The number of anilines is 1. The third-order valence-corrected chi connectivity index (χ3v) is 6.54. The van der Waals surface area contributed by atoms with E-state index in [-0.39, 0.29) is 11.8 Å². The number of hydrogen-bond acceptors (Lipinski definition) is 4. The number of hydrogen-bond donors (Lipinski definition) is 1. The topological polar surface area (TPSA) is 69.7 Å². The van der Waals surface area contributed by atoms with Gasteiger partial charge in [-0.3, -0.25) is 15.2 Å². The summed E-state index contributed by atoms with van der Waals surface area (Å²) in [6, 6.07) is 18.0. The van der Waals surface area contributed by atoms with Gasteiger partial charge in [0, 0.05) is 26.1 Å². The molecule has 26 heavy (non-hydrogen) atoms. The number of piperidine rings is 1. The molecule has 0 bridgehead atoms. The van der Waals surface area contributed by atoms with Gasteiger partial charge in [-0.2, -0.15) is 4.31 Å². The molecule has 0 spiro atoms. The number of amides is 1. The fourth-order valence-corrected chi connectivity index (χ4v) is 4.56. The molecule has 1 heterocycles. The summed E-state index contributed by atoms with van der Waals surface area (Å²) in [6.07, 6.45) is 1.03. The van der Waals surface area contributed by atoms with Crippen LogP contribution in [0.3, 0.4) is 0 Å². The van der Waals surface area contributed by atoms with E-state index in [0.717, 1.165) is 5.69 Å². The summed E-state index contributed by atoms with van der Waals surface area (Å²) in [5.74, 6) is -0.267. The number of carbonyl (C=O) groups is 1. The molecule has 2 aromatic rings. The zero-order valence-electron chi connectivity index (χ0n) is 14.7. The van der Waals surface area contributed by atoms with Crippen LogP contribution < -0.4 is 10.4 Å². The molecule has 0 atom stereocenters. The molecule has 1 N–H and O–H groups in total. The molecule has 1 aliphatic heterocycles. The quantitative estimate of drug-likeness (QED) is 0.816. The Morgan fingerprint density at radius 2 is 1.54 bits per heavy atom. The number of nitrogens with zero attached hydrogens (tertiary/aromatic N) is 2. The Labute approximate surface area is 154 Å². The van der Waals surface area contributed by atoms with E-state index in [0.29, 0.717) is 30.8 Å². The van der Waals surface area contributed by atoms with Crippen molar-refractivity contribution in [3.8, 4) is 0 Å². The summed E-state index contributed by atoms with van der Waals surface area (Å²) in [4.78, 5) is 12.8. The molecule has 6 nitrogen and oxygen atoms in total. The minimum absolute atomic E-state index is 0.0758. The van der Waals surface area contributed by atoms with Gasteiger partial charge in [-0.15, -0.1) is 0 Å². The smallest absolute Gasteiger partial charge is 0.243 e. The van der Waals surface area contributed by atoms with Crippen LogP contribution in [0.2, 0.25) is 0 Å². The van der Waals surface area contributed by atoms with Crippen LogP contribution in [0, 0.1) is 5.92 Å². The Morgan fingerprint density at radius 3 is 2.12 bits per heavy atom. The molecule has 7 heteroatoms. The first kappa shape index (κ1) is 18.4. The van der Waals surface area contributed by atoms with Gasteiger partial charge in [-0.25, -0.2) is 8.42 Å². The molecule has 0 saturated carbocycles. The van der Waals surface area contributed by atoms with Crippen molar-refractivity contribution in [2.24, 2.45) is 5.92 Å². The largest absolute Gasteiger partial charge is 0.289 e. The van der Waals surface area contributed by atoms with E-state index < -0.39 is 10.0 Å². The molecular weight excluding hydrogens is 350 g/mol. The van der Waals surface area contributed by atoms with Crippen molar-refractivity contribution in [2.45, 2.75) is 17.7 Å². The van der Waals surface area contributed by atoms with Gasteiger partial charge in [0.25, 0.3) is 0 Å². The summed E-state index contributed by atoms with van der Waals surface area (Å²) in [7, 11) is -1.69. The van der Waals surface area contributed by atoms with Crippen LogP contribution in [0.5, 0.6) is 0 Å². The molecule has 1 saturated heterocycles. The zero-order chi connectivity index (χ0) is 18.6. The fourth-order valence-electron chi connectivity index (χ4n) is 3.07. The normalized spacial score (nSPS) is 16.2. The van der Waals surface area contributed by atoms with Crippen LogP contribution in [0.4, 0.5) is 5.69 Å². The van der Waals surface area contributed by atoms with Crippen molar-refractivity contribution in [1.82, 2.24) is 9.73 Å². The van der Waals surface area contributed by atoms with Gasteiger partial charge in [-0.05, 0) is 37.1 Å². The van der Waals surface area contributed by atoms with Crippen LogP contribution in [-0.2, 0) is 14.8 Å². The Bertz CT molecular complexity index is 833. The van der Waals surface area contributed by atoms with Gasteiger partial charge in [0.1, 0.15) is 0 Å². The summed E-state index contributed by atoms with van der Waals surface area (Å²) in [5, 5.41) is 1.69. The Balaban J connectivity index is 1.57. The Morgan fingerprint density at radius 1 is 1.00 bits per heavy atom. The van der Waals surface area contributed by atoms with Gasteiger partial charge in [0.15, 0.2) is 0 Å². The third kappa shape index (κ3) is 4.05. The fraction of sp³-hybridized carbons (Fsp3) is 0.316. The summed E-state index contributed by atoms with van der Waals surface area (Å²) in [5.41, 5.74) is 3.77. The number of para-hydroxylation sites is 1. The minimum Gasteiger partial charge on any atom is -0.289 e. The van der Waals surface area contributed by atoms with Crippen molar-refractivity contribution in [2.75, 3.05) is 25.1 Å². The lowest BCUT2D eigenvalue weighted by Gasteiger charge is -2.31. The predicted octanol–water partition coefficient (Wildman–Crippen LogP) is 2.25. The highest BCUT2D eigenvalue weighted by atomic mass is 32.2. The van der Waals surface area contributed by atoms with Crippen LogP contribution in [0.15, 0.2) is 65.6 Å². The second kappa shape index (κ2) is 7.88. The van der Waals surface area contributed by atoms with Gasteiger partial charge < -0.3 is 0 Å². The molecule has 1 aliphatic rings. The number of benzene rings is 2. The van der Waals surface area contributed by atoms with E-state index in [1.807, 2.05) is 30.3 Å². The zero-order valence-corrected chi connectivity index (χ0v) is 15.5. The van der Waals surface area contributed by atoms with Crippen LogP contribution in [0.25, 0.3) is 0 Å². The minimum atomic E-state index is -3.49. The molecule has 2 aromatic carbocycles. The van der Waals surface area contributed by atoms with Crippen LogP contribution >= 0.6 is 0 Å². The number of rotatable bonds is 5. The molecule has 138 valence electrons. The maximum absolute atomic E-state index is 12.6. The van der Waals surface area contributed by atoms with Crippen molar-refractivity contribution in [3.05, 3.63) is 60.7 Å². The van der Waals surface area contributed by atoms with Gasteiger partial charge >= 0.3 is 0 Å². The molecule has 0 aromatic heterocycles. The average molecular weight is 373 g/mol. The van der Waals surface area contributed by atoms with Crippen molar-refractivity contribution in [1.29, 1.82) is 0 Å². The standard InChI is InChI=1S/C19H23N3O3S/c1-21(17-8-4-2-5-9-17)20-19(23)16-12-14-22(15-13-16)26(24,25)18-10-6-3-7-11-18/h2-11,16H,12-15H2,1H3,(H,20,23). The number of hydrazine groups is 1. The number of nitrogens with one attached hydrogen (secondary N) is 1. The maximum atomic E-state index is 12.6. The van der Waals surface area contributed by atoms with Crippen LogP contribution in [0.1, 0.15) is 12.8 Å². The molecule has 0 radical (unpaired) electrons. The predicted molar refractivity (Wildman–Crippen MR) is 101 cm³/mol. The van der Waals surface area contributed by atoms with Gasteiger partial charge in [0.2, 0.25) is 15.9 Å². The maximum Gasteiger partial charge on any atom is 0.243 e. The first-order chi connectivity index (χ1) is 12.5. The van der Waals surface area contributed by atoms with Gasteiger partial charge in [-0.1, -0.05) is 36.4 Å². The molecular formula is C19H23N3O3S.